The summed E-state index contributed by atoms with van der Waals surface area (Å²) in [7, 11) is 0. The van der Waals surface area contributed by atoms with Crippen molar-refractivity contribution in [2.75, 3.05) is 0 Å². The van der Waals surface area contributed by atoms with Crippen LogP contribution < -0.4 is 0 Å². The van der Waals surface area contributed by atoms with Crippen LogP contribution in [0.15, 0.2) is 53.7 Å². The molecule has 0 bridgehead atoms. The zero-order valence-corrected chi connectivity index (χ0v) is 13.6. The van der Waals surface area contributed by atoms with Crippen LogP contribution in [0.2, 0.25) is 0 Å². The van der Waals surface area contributed by atoms with E-state index in [1.54, 1.807) is 6.07 Å². The van der Waals surface area contributed by atoms with Gasteiger partial charge < -0.3 is 0 Å². The third-order valence-electron chi connectivity index (χ3n) is 3.41. The standard InChI is InChI=1S/C17H14F3N3S/c1-11-5-7-13(8-6-11)15-21-16(23-22-15)24-10-12-3-2-4-14(9-12)17(18,19)20/h2-9H,10H2,1H3,(H,21,22,23). The third kappa shape index (κ3) is 3.97. The van der Waals surface area contributed by atoms with E-state index in [0.29, 0.717) is 22.3 Å². The topological polar surface area (TPSA) is 41.6 Å². The quantitative estimate of drug-likeness (QED) is 0.667. The second-order valence-corrected chi connectivity index (χ2v) is 6.26. The molecule has 0 aliphatic heterocycles. The van der Waals surface area contributed by atoms with Gasteiger partial charge in [-0.3, -0.25) is 5.10 Å². The van der Waals surface area contributed by atoms with E-state index in [-0.39, 0.29) is 0 Å². The molecule has 1 heterocycles. The summed E-state index contributed by atoms with van der Waals surface area (Å²) in [6.07, 6.45) is -4.33. The van der Waals surface area contributed by atoms with Crippen molar-refractivity contribution < 1.29 is 13.2 Å². The van der Waals surface area contributed by atoms with Crippen LogP contribution in [-0.2, 0) is 11.9 Å². The maximum atomic E-state index is 12.7. The summed E-state index contributed by atoms with van der Waals surface area (Å²) in [6.45, 7) is 2.00. The van der Waals surface area contributed by atoms with Crippen LogP contribution >= 0.6 is 11.8 Å². The lowest BCUT2D eigenvalue weighted by molar-refractivity contribution is -0.137. The Balaban J connectivity index is 1.69. The Hall–Kier alpha value is -2.28. The molecule has 3 aromatic rings. The van der Waals surface area contributed by atoms with Crippen molar-refractivity contribution in [1.29, 1.82) is 0 Å². The molecule has 0 radical (unpaired) electrons. The van der Waals surface area contributed by atoms with Crippen LogP contribution in [-0.4, -0.2) is 15.2 Å². The molecule has 1 aromatic heterocycles. The van der Waals surface area contributed by atoms with Crippen molar-refractivity contribution in [1.82, 2.24) is 15.2 Å². The minimum atomic E-state index is -4.33. The Morgan fingerprint density at radius 2 is 1.83 bits per heavy atom. The van der Waals surface area contributed by atoms with Crippen molar-refractivity contribution in [2.24, 2.45) is 0 Å². The lowest BCUT2D eigenvalue weighted by Gasteiger charge is -2.07. The smallest absolute Gasteiger partial charge is 0.258 e. The largest absolute Gasteiger partial charge is 0.416 e. The number of aromatic amines is 1. The summed E-state index contributed by atoms with van der Waals surface area (Å²) in [5, 5.41) is 7.46. The minimum Gasteiger partial charge on any atom is -0.258 e. The summed E-state index contributed by atoms with van der Waals surface area (Å²) < 4.78 is 38.1. The number of nitrogens with one attached hydrogen (secondary N) is 1. The Morgan fingerprint density at radius 1 is 1.08 bits per heavy atom. The fourth-order valence-corrected chi connectivity index (χ4v) is 2.88. The second kappa shape index (κ2) is 6.68. The molecule has 0 fully saturated rings. The van der Waals surface area contributed by atoms with Gasteiger partial charge in [-0.15, -0.1) is 5.10 Å². The van der Waals surface area contributed by atoms with Gasteiger partial charge in [0.25, 0.3) is 0 Å². The minimum absolute atomic E-state index is 0.370. The van der Waals surface area contributed by atoms with E-state index in [9.17, 15) is 13.2 Å². The Kier molecular flexibility index (Phi) is 4.62. The monoisotopic (exact) mass is 349 g/mol. The fourth-order valence-electron chi connectivity index (χ4n) is 2.14. The second-order valence-electron chi connectivity index (χ2n) is 5.32. The van der Waals surface area contributed by atoms with Gasteiger partial charge in [0.2, 0.25) is 5.16 Å². The average molecular weight is 349 g/mol. The van der Waals surface area contributed by atoms with Crippen LogP contribution in [0.3, 0.4) is 0 Å². The van der Waals surface area contributed by atoms with E-state index in [1.807, 2.05) is 31.2 Å². The Bertz CT molecular complexity index is 826. The van der Waals surface area contributed by atoms with E-state index in [1.165, 1.54) is 17.8 Å². The van der Waals surface area contributed by atoms with Gasteiger partial charge in [0.05, 0.1) is 5.56 Å². The Morgan fingerprint density at radius 3 is 2.54 bits per heavy atom. The zero-order valence-electron chi connectivity index (χ0n) is 12.8. The molecular formula is C17H14F3N3S. The van der Waals surface area contributed by atoms with Gasteiger partial charge in [-0.1, -0.05) is 59.8 Å². The zero-order chi connectivity index (χ0) is 17.2. The van der Waals surface area contributed by atoms with Crippen molar-refractivity contribution in [3.63, 3.8) is 0 Å². The van der Waals surface area contributed by atoms with E-state index in [4.69, 9.17) is 0 Å². The number of hydrogen-bond acceptors (Lipinski definition) is 3. The van der Waals surface area contributed by atoms with E-state index < -0.39 is 11.7 Å². The molecule has 0 atom stereocenters. The Labute approximate surface area is 141 Å². The summed E-state index contributed by atoms with van der Waals surface area (Å²) >= 11 is 1.29. The molecule has 0 unspecified atom stereocenters. The molecule has 2 aromatic carbocycles. The van der Waals surface area contributed by atoms with Crippen molar-refractivity contribution in [3.05, 3.63) is 65.2 Å². The van der Waals surface area contributed by atoms with Gasteiger partial charge in [-0.25, -0.2) is 4.98 Å². The number of H-pyrrole nitrogens is 1. The van der Waals surface area contributed by atoms with Gasteiger partial charge in [-0.05, 0) is 18.6 Å². The maximum Gasteiger partial charge on any atom is 0.416 e. The van der Waals surface area contributed by atoms with Crippen molar-refractivity contribution in [3.8, 4) is 11.4 Å². The summed E-state index contributed by atoms with van der Waals surface area (Å²) in [5.41, 5.74) is 2.00. The molecule has 124 valence electrons. The van der Waals surface area contributed by atoms with Gasteiger partial charge in [0.15, 0.2) is 5.82 Å². The van der Waals surface area contributed by atoms with Gasteiger partial charge in [-0.2, -0.15) is 13.2 Å². The van der Waals surface area contributed by atoms with Crippen LogP contribution in [0, 0.1) is 6.92 Å². The van der Waals surface area contributed by atoms with Crippen LogP contribution in [0.5, 0.6) is 0 Å². The van der Waals surface area contributed by atoms with Gasteiger partial charge in [0, 0.05) is 11.3 Å². The van der Waals surface area contributed by atoms with Crippen molar-refractivity contribution in [2.45, 2.75) is 24.0 Å². The molecule has 3 nitrogen and oxygen atoms in total. The van der Waals surface area contributed by atoms with Crippen LogP contribution in [0.25, 0.3) is 11.4 Å². The fraction of sp³-hybridized carbons (Fsp3) is 0.176. The molecule has 1 N–H and O–H groups in total. The number of thioether (sulfide) groups is 1. The van der Waals surface area contributed by atoms with E-state index in [0.717, 1.165) is 23.3 Å². The third-order valence-corrected chi connectivity index (χ3v) is 4.33. The van der Waals surface area contributed by atoms with E-state index >= 15 is 0 Å². The number of benzene rings is 2. The number of halogens is 3. The number of rotatable bonds is 4. The molecule has 0 amide bonds. The van der Waals surface area contributed by atoms with Crippen molar-refractivity contribution >= 4 is 11.8 Å². The van der Waals surface area contributed by atoms with Gasteiger partial charge >= 0.3 is 6.18 Å². The molecule has 3 rings (SSSR count). The number of aromatic nitrogens is 3. The van der Waals surface area contributed by atoms with Crippen LogP contribution in [0.4, 0.5) is 13.2 Å². The lowest BCUT2D eigenvalue weighted by atomic mass is 10.1. The highest BCUT2D eigenvalue weighted by Gasteiger charge is 2.30. The highest BCUT2D eigenvalue weighted by molar-refractivity contribution is 7.98. The lowest BCUT2D eigenvalue weighted by Crippen LogP contribution is -2.04. The SMILES string of the molecule is Cc1ccc(-c2nc(SCc3cccc(C(F)(F)F)c3)n[nH]2)cc1. The highest BCUT2D eigenvalue weighted by atomic mass is 32.2. The molecule has 24 heavy (non-hydrogen) atoms. The maximum absolute atomic E-state index is 12.7. The molecule has 7 heteroatoms. The molecule has 0 saturated heterocycles. The molecule has 0 aliphatic rings. The highest BCUT2D eigenvalue weighted by Crippen LogP contribution is 2.31. The molecule has 0 saturated carbocycles. The number of nitrogens with zero attached hydrogens (tertiary/aromatic N) is 2. The first-order valence-corrected chi connectivity index (χ1v) is 8.19. The number of hydrogen-bond donors (Lipinski definition) is 1. The first-order valence-electron chi connectivity index (χ1n) is 7.20. The first-order chi connectivity index (χ1) is 11.4. The number of aryl methyl sites for hydroxylation is 1. The average Bonchev–Trinajstić information content (AvgIpc) is 3.02. The predicted molar refractivity (Wildman–Crippen MR) is 87.6 cm³/mol. The van der Waals surface area contributed by atoms with E-state index in [2.05, 4.69) is 15.2 Å². The summed E-state index contributed by atoms with van der Waals surface area (Å²) in [4.78, 5) is 4.37. The summed E-state index contributed by atoms with van der Waals surface area (Å²) in [6, 6.07) is 13.1. The molecule has 0 spiro atoms. The number of alkyl halides is 3. The normalized spacial score (nSPS) is 11.7. The van der Waals surface area contributed by atoms with Crippen LogP contribution in [0.1, 0.15) is 16.7 Å². The van der Waals surface area contributed by atoms with Gasteiger partial charge in [0.1, 0.15) is 0 Å². The summed E-state index contributed by atoms with van der Waals surface area (Å²) in [5.74, 6) is 1.01. The first kappa shape index (κ1) is 16.6. The molecular weight excluding hydrogens is 335 g/mol. The molecule has 0 aliphatic carbocycles. The predicted octanol–water partition coefficient (Wildman–Crippen LogP) is 5.09.